The lowest BCUT2D eigenvalue weighted by Crippen LogP contribution is -2.30. The highest BCUT2D eigenvalue weighted by Gasteiger charge is 2.21. The number of ether oxygens (including phenoxy) is 1. The maximum absolute atomic E-state index is 13.6. The molecule has 0 aliphatic carbocycles. The molecule has 8 nitrogen and oxygen atoms in total. The molecule has 5 rings (SSSR count). The van der Waals surface area contributed by atoms with E-state index in [1.165, 1.54) is 29.2 Å². The van der Waals surface area contributed by atoms with Crippen molar-refractivity contribution in [2.75, 3.05) is 17.7 Å². The average molecular weight is 718 g/mol. The molecular weight excluding hydrogens is 687 g/mol. The van der Waals surface area contributed by atoms with Gasteiger partial charge in [0, 0.05) is 42.7 Å². The number of rotatable bonds is 12. The minimum absolute atomic E-state index is 0.0554. The Morgan fingerprint density at radius 3 is 2.31 bits per heavy atom. The van der Waals surface area contributed by atoms with Crippen molar-refractivity contribution in [2.45, 2.75) is 23.5 Å². The van der Waals surface area contributed by atoms with Gasteiger partial charge >= 0.3 is 0 Å². The Morgan fingerprint density at radius 1 is 0.917 bits per heavy atom. The molecule has 0 saturated carbocycles. The Labute approximate surface area is 296 Å². The fourth-order valence-corrected chi connectivity index (χ4v) is 6.72. The average Bonchev–Trinajstić information content (AvgIpc) is 3.57. The molecule has 1 unspecified atom stereocenters. The lowest BCUT2D eigenvalue weighted by Gasteiger charge is -2.15. The van der Waals surface area contributed by atoms with Gasteiger partial charge < -0.3 is 20.7 Å². The van der Waals surface area contributed by atoms with Gasteiger partial charge in [-0.15, -0.1) is 23.1 Å². The molecule has 3 N–H and O–H groups in total. The number of thioether (sulfide) groups is 1. The largest absolute Gasteiger partial charge is 0.497 e. The van der Waals surface area contributed by atoms with Crippen LogP contribution in [0.2, 0.25) is 10.0 Å². The molecule has 0 spiro atoms. The van der Waals surface area contributed by atoms with Gasteiger partial charge in [0.25, 0.3) is 11.8 Å². The second-order valence-electron chi connectivity index (χ2n) is 10.3. The van der Waals surface area contributed by atoms with E-state index in [1.54, 1.807) is 73.8 Å². The second kappa shape index (κ2) is 16.5. The van der Waals surface area contributed by atoms with E-state index in [0.717, 1.165) is 21.9 Å². The van der Waals surface area contributed by atoms with Crippen LogP contribution in [0, 0.1) is 0 Å². The number of halogens is 2. The van der Waals surface area contributed by atoms with E-state index in [2.05, 4.69) is 20.9 Å². The zero-order chi connectivity index (χ0) is 34.0. The first-order chi connectivity index (χ1) is 23.2. The summed E-state index contributed by atoms with van der Waals surface area (Å²) in [6.45, 7) is 1.93. The molecule has 5 aromatic rings. The van der Waals surface area contributed by atoms with E-state index in [1.807, 2.05) is 42.6 Å². The number of anilines is 2. The van der Waals surface area contributed by atoms with Crippen LogP contribution in [0.15, 0.2) is 113 Å². The predicted molar refractivity (Wildman–Crippen MR) is 196 cm³/mol. The number of nitrogens with one attached hydrogen (secondary N) is 3. The van der Waals surface area contributed by atoms with Crippen molar-refractivity contribution in [3.05, 3.63) is 129 Å². The number of aromatic nitrogens is 1. The number of amides is 3. The fraction of sp³-hybridized carbons (Fsp3) is 0.111. The van der Waals surface area contributed by atoms with Crippen molar-refractivity contribution < 1.29 is 19.1 Å². The fourth-order valence-electron chi connectivity index (χ4n) is 4.48. The Bertz CT molecular complexity index is 1930. The standard InChI is InChI=1S/C36H30Cl2N4O4S2/c1-3-32(35(45)42-36-41-31(21-47-36)22-15-17-25(46-2)18-16-22)48-26-12-7-11-24(19-26)39-34(44)30(20-27-28(37)13-8-14-29(27)38)40-33(43)23-9-5-4-6-10-23/h4-21,32H,3H2,1-2H3,(H,39,44)(H,40,43)(H,41,42,45)/b30-20+. The maximum Gasteiger partial charge on any atom is 0.272 e. The summed E-state index contributed by atoms with van der Waals surface area (Å²) in [6, 6.07) is 28.2. The number of thiazole rings is 1. The lowest BCUT2D eigenvalue weighted by atomic mass is 10.1. The summed E-state index contributed by atoms with van der Waals surface area (Å²) in [5.74, 6) is -0.489. The molecule has 3 amide bonds. The van der Waals surface area contributed by atoms with Crippen LogP contribution in [0.3, 0.4) is 0 Å². The summed E-state index contributed by atoms with van der Waals surface area (Å²) in [5, 5.41) is 11.1. The molecule has 12 heteroatoms. The molecule has 1 heterocycles. The molecule has 244 valence electrons. The van der Waals surface area contributed by atoms with Gasteiger partial charge in [0.2, 0.25) is 5.91 Å². The number of methoxy groups -OCH3 is 1. The van der Waals surface area contributed by atoms with Gasteiger partial charge in [0.15, 0.2) is 5.13 Å². The van der Waals surface area contributed by atoms with Crippen LogP contribution in [0.1, 0.15) is 29.3 Å². The monoisotopic (exact) mass is 716 g/mol. The molecule has 0 radical (unpaired) electrons. The van der Waals surface area contributed by atoms with Gasteiger partial charge in [-0.25, -0.2) is 4.98 Å². The molecule has 0 bridgehead atoms. The van der Waals surface area contributed by atoms with Crippen LogP contribution in [-0.4, -0.2) is 35.1 Å². The van der Waals surface area contributed by atoms with Gasteiger partial charge in [0.05, 0.1) is 18.1 Å². The third-order valence-corrected chi connectivity index (χ3v) is 9.75. The van der Waals surface area contributed by atoms with Crippen LogP contribution in [0.25, 0.3) is 17.3 Å². The van der Waals surface area contributed by atoms with E-state index >= 15 is 0 Å². The molecule has 4 aromatic carbocycles. The van der Waals surface area contributed by atoms with Gasteiger partial charge in [-0.3, -0.25) is 14.4 Å². The number of nitrogens with zero attached hydrogens (tertiary/aromatic N) is 1. The molecule has 0 fully saturated rings. The number of carbonyl (C=O) groups is 3. The van der Waals surface area contributed by atoms with Crippen molar-refractivity contribution in [3.63, 3.8) is 0 Å². The topological polar surface area (TPSA) is 109 Å². The normalized spacial score (nSPS) is 11.8. The van der Waals surface area contributed by atoms with Gasteiger partial charge in [0.1, 0.15) is 11.4 Å². The molecule has 0 aliphatic rings. The van der Waals surface area contributed by atoms with E-state index in [-0.39, 0.29) is 11.6 Å². The van der Waals surface area contributed by atoms with E-state index in [4.69, 9.17) is 27.9 Å². The van der Waals surface area contributed by atoms with Gasteiger partial charge in [-0.2, -0.15) is 0 Å². The maximum atomic E-state index is 13.6. The number of hydrogen-bond donors (Lipinski definition) is 3. The van der Waals surface area contributed by atoms with Crippen molar-refractivity contribution in [1.29, 1.82) is 0 Å². The van der Waals surface area contributed by atoms with Crippen molar-refractivity contribution in [2.24, 2.45) is 0 Å². The molecule has 1 aromatic heterocycles. The first-order valence-electron chi connectivity index (χ1n) is 14.7. The highest BCUT2D eigenvalue weighted by atomic mass is 35.5. The highest BCUT2D eigenvalue weighted by molar-refractivity contribution is 8.00. The Kier molecular flexibility index (Phi) is 11.9. The smallest absolute Gasteiger partial charge is 0.272 e. The van der Waals surface area contributed by atoms with Gasteiger partial charge in [-0.05, 0) is 79.2 Å². The van der Waals surface area contributed by atoms with Crippen LogP contribution in [0.5, 0.6) is 5.75 Å². The Balaban J connectivity index is 1.29. The quantitative estimate of drug-likeness (QED) is 0.0878. The van der Waals surface area contributed by atoms with Crippen molar-refractivity contribution in [3.8, 4) is 17.0 Å². The Morgan fingerprint density at radius 2 is 1.62 bits per heavy atom. The minimum atomic E-state index is -0.585. The van der Waals surface area contributed by atoms with E-state index in [9.17, 15) is 14.4 Å². The molecule has 0 saturated heterocycles. The van der Waals surface area contributed by atoms with E-state index in [0.29, 0.717) is 38.4 Å². The summed E-state index contributed by atoms with van der Waals surface area (Å²) in [7, 11) is 1.61. The number of hydrogen-bond acceptors (Lipinski definition) is 7. The zero-order valence-electron chi connectivity index (χ0n) is 25.8. The summed E-state index contributed by atoms with van der Waals surface area (Å²) in [4.78, 5) is 45.2. The van der Waals surface area contributed by atoms with Crippen molar-refractivity contribution >= 4 is 80.9 Å². The molecule has 0 aliphatic heterocycles. The van der Waals surface area contributed by atoms with Crippen molar-refractivity contribution in [1.82, 2.24) is 10.3 Å². The van der Waals surface area contributed by atoms with E-state index < -0.39 is 17.1 Å². The van der Waals surface area contributed by atoms with Crippen LogP contribution < -0.4 is 20.7 Å². The Hall–Kier alpha value is -4.61. The third-order valence-electron chi connectivity index (χ3n) is 6.97. The predicted octanol–water partition coefficient (Wildman–Crippen LogP) is 9.04. The summed E-state index contributed by atoms with van der Waals surface area (Å²) in [5.41, 5.74) is 2.84. The zero-order valence-corrected chi connectivity index (χ0v) is 29.0. The van der Waals surface area contributed by atoms with Crippen LogP contribution in [-0.2, 0) is 9.59 Å². The summed E-state index contributed by atoms with van der Waals surface area (Å²) in [6.07, 6.45) is 2.00. The molecular formula is C36H30Cl2N4O4S2. The second-order valence-corrected chi connectivity index (χ2v) is 13.2. The highest BCUT2D eigenvalue weighted by Crippen LogP contribution is 2.31. The van der Waals surface area contributed by atoms with Gasteiger partial charge in [-0.1, -0.05) is 60.5 Å². The number of benzene rings is 4. The molecule has 48 heavy (non-hydrogen) atoms. The first-order valence-corrected chi connectivity index (χ1v) is 17.3. The third kappa shape index (κ3) is 9.05. The number of carbonyl (C=O) groups excluding carboxylic acids is 3. The summed E-state index contributed by atoms with van der Waals surface area (Å²) < 4.78 is 5.22. The molecule has 1 atom stereocenters. The summed E-state index contributed by atoms with van der Waals surface area (Å²) >= 11 is 15.5. The minimum Gasteiger partial charge on any atom is -0.497 e. The van der Waals surface area contributed by atoms with Crippen LogP contribution >= 0.6 is 46.3 Å². The lowest BCUT2D eigenvalue weighted by molar-refractivity contribution is -0.116. The van der Waals surface area contributed by atoms with Crippen LogP contribution in [0.4, 0.5) is 10.8 Å². The first kappa shape index (κ1) is 34.7. The SMILES string of the molecule is CCC(Sc1cccc(NC(=O)/C(=C\c2c(Cl)cccc2Cl)NC(=O)c2ccccc2)c1)C(=O)Nc1nc(-c2ccc(OC)cc2)cs1.